The molecule has 2 heterocycles. The second-order valence-corrected chi connectivity index (χ2v) is 8.94. The van der Waals surface area contributed by atoms with Gasteiger partial charge in [-0.25, -0.2) is 9.97 Å². The molecule has 0 atom stereocenters. The maximum absolute atomic E-state index is 12.1. The number of carbonyl (C=O) groups excluding carboxylic acids is 1. The van der Waals surface area contributed by atoms with Crippen molar-refractivity contribution in [3.8, 4) is 0 Å². The SMILES string of the molecule is Nc1nc(SCC(=O)NCc2cccc(Cl)c2)nc2sc3c(c12)CCCC3. The van der Waals surface area contributed by atoms with Crippen LogP contribution in [0.15, 0.2) is 29.4 Å². The second kappa shape index (κ2) is 8.04. The lowest BCUT2D eigenvalue weighted by atomic mass is 9.97. The van der Waals surface area contributed by atoms with E-state index in [0.29, 0.717) is 22.5 Å². The average Bonchev–Trinajstić information content (AvgIpc) is 3.03. The van der Waals surface area contributed by atoms with Crippen molar-refractivity contribution in [3.63, 3.8) is 0 Å². The van der Waals surface area contributed by atoms with Gasteiger partial charge in [-0.15, -0.1) is 11.3 Å². The lowest BCUT2D eigenvalue weighted by molar-refractivity contribution is -0.118. The van der Waals surface area contributed by atoms with E-state index in [1.54, 1.807) is 11.3 Å². The minimum atomic E-state index is -0.0762. The Kier molecular flexibility index (Phi) is 5.52. The van der Waals surface area contributed by atoms with E-state index in [2.05, 4.69) is 15.3 Å². The number of thiophene rings is 1. The molecule has 0 spiro atoms. The maximum atomic E-state index is 12.1. The zero-order chi connectivity index (χ0) is 18.8. The van der Waals surface area contributed by atoms with Crippen molar-refractivity contribution < 1.29 is 4.79 Å². The number of nitrogens with zero attached hydrogens (tertiary/aromatic N) is 2. The summed E-state index contributed by atoms with van der Waals surface area (Å²) < 4.78 is 0. The number of nitrogens with two attached hydrogens (primary N) is 1. The minimum absolute atomic E-state index is 0.0762. The summed E-state index contributed by atoms with van der Waals surface area (Å²) in [6.45, 7) is 0.444. The molecule has 4 rings (SSSR count). The van der Waals surface area contributed by atoms with E-state index in [4.69, 9.17) is 17.3 Å². The average molecular weight is 419 g/mol. The Balaban J connectivity index is 1.40. The van der Waals surface area contributed by atoms with Crippen LogP contribution in [0.2, 0.25) is 5.02 Å². The van der Waals surface area contributed by atoms with E-state index in [0.717, 1.165) is 28.6 Å². The number of fused-ring (bicyclic) bond motifs is 3. The van der Waals surface area contributed by atoms with Crippen LogP contribution in [-0.2, 0) is 24.2 Å². The van der Waals surface area contributed by atoms with Gasteiger partial charge in [0.25, 0.3) is 0 Å². The van der Waals surface area contributed by atoms with Gasteiger partial charge in [0.15, 0.2) is 5.16 Å². The zero-order valence-electron chi connectivity index (χ0n) is 14.6. The fourth-order valence-corrected chi connectivity index (χ4v) is 5.48. The molecule has 1 amide bonds. The molecule has 0 aliphatic heterocycles. The molecule has 1 aromatic carbocycles. The fraction of sp³-hybridized carbons (Fsp3) is 0.316. The summed E-state index contributed by atoms with van der Waals surface area (Å²) in [5.74, 6) is 0.699. The summed E-state index contributed by atoms with van der Waals surface area (Å²) in [5.41, 5.74) is 8.50. The van der Waals surface area contributed by atoms with Gasteiger partial charge >= 0.3 is 0 Å². The number of hydrogen-bond acceptors (Lipinski definition) is 6. The number of amides is 1. The summed E-state index contributed by atoms with van der Waals surface area (Å²) in [4.78, 5) is 23.5. The van der Waals surface area contributed by atoms with Gasteiger partial charge < -0.3 is 11.1 Å². The number of anilines is 1. The molecule has 0 fully saturated rings. The smallest absolute Gasteiger partial charge is 0.230 e. The topological polar surface area (TPSA) is 80.9 Å². The predicted molar refractivity (Wildman–Crippen MR) is 112 cm³/mol. The van der Waals surface area contributed by atoms with Crippen molar-refractivity contribution in [2.75, 3.05) is 11.5 Å². The molecule has 0 saturated heterocycles. The summed E-state index contributed by atoms with van der Waals surface area (Å²) >= 11 is 8.98. The van der Waals surface area contributed by atoms with Crippen LogP contribution in [0.4, 0.5) is 5.82 Å². The van der Waals surface area contributed by atoms with Crippen molar-refractivity contribution in [2.24, 2.45) is 0 Å². The molecule has 8 heteroatoms. The molecule has 1 aliphatic carbocycles. The zero-order valence-corrected chi connectivity index (χ0v) is 17.0. The van der Waals surface area contributed by atoms with Crippen LogP contribution in [0.25, 0.3) is 10.2 Å². The van der Waals surface area contributed by atoms with Gasteiger partial charge in [0.05, 0.1) is 11.1 Å². The Morgan fingerprint density at radius 2 is 2.15 bits per heavy atom. The van der Waals surface area contributed by atoms with Crippen molar-refractivity contribution in [3.05, 3.63) is 45.3 Å². The van der Waals surface area contributed by atoms with Crippen molar-refractivity contribution in [1.82, 2.24) is 15.3 Å². The molecule has 1 aliphatic rings. The highest BCUT2D eigenvalue weighted by Gasteiger charge is 2.20. The number of hydrogen-bond donors (Lipinski definition) is 2. The number of nitrogen functional groups attached to an aromatic ring is 1. The number of thioether (sulfide) groups is 1. The predicted octanol–water partition coefficient (Wildman–Crippen LogP) is 4.21. The number of aryl methyl sites for hydroxylation is 2. The lowest BCUT2D eigenvalue weighted by Gasteiger charge is -2.10. The number of nitrogens with one attached hydrogen (secondary N) is 1. The van der Waals surface area contributed by atoms with Gasteiger partial charge in [0, 0.05) is 16.4 Å². The Labute approximate surface area is 170 Å². The van der Waals surface area contributed by atoms with Crippen LogP contribution in [0.5, 0.6) is 0 Å². The maximum Gasteiger partial charge on any atom is 0.230 e. The third-order valence-corrected chi connectivity index (χ3v) is 6.80. The van der Waals surface area contributed by atoms with Crippen molar-refractivity contribution in [1.29, 1.82) is 0 Å². The molecular formula is C19H19ClN4OS2. The van der Waals surface area contributed by atoms with Crippen LogP contribution in [0.1, 0.15) is 28.8 Å². The third-order valence-electron chi connectivity index (χ3n) is 4.53. The third kappa shape index (κ3) is 4.20. The summed E-state index contributed by atoms with van der Waals surface area (Å²) in [6, 6.07) is 7.44. The lowest BCUT2D eigenvalue weighted by Crippen LogP contribution is -2.24. The molecule has 2 aromatic heterocycles. The molecular weight excluding hydrogens is 400 g/mol. The van der Waals surface area contributed by atoms with E-state index in [1.165, 1.54) is 35.0 Å². The van der Waals surface area contributed by atoms with Crippen molar-refractivity contribution in [2.45, 2.75) is 37.4 Å². The summed E-state index contributed by atoms with van der Waals surface area (Å²) in [6.07, 6.45) is 4.58. The van der Waals surface area contributed by atoms with Gasteiger partial charge in [-0.2, -0.15) is 0 Å². The van der Waals surface area contributed by atoms with Gasteiger partial charge in [-0.3, -0.25) is 4.79 Å². The molecule has 0 saturated carbocycles. The number of aromatic nitrogens is 2. The molecule has 3 N–H and O–H groups in total. The number of benzene rings is 1. The summed E-state index contributed by atoms with van der Waals surface area (Å²) in [5, 5.41) is 5.11. The Hall–Kier alpha value is -1.83. The summed E-state index contributed by atoms with van der Waals surface area (Å²) in [7, 11) is 0. The second-order valence-electron chi connectivity index (χ2n) is 6.48. The molecule has 3 aromatic rings. The first kappa shape index (κ1) is 18.5. The van der Waals surface area contributed by atoms with E-state index < -0.39 is 0 Å². The highest BCUT2D eigenvalue weighted by molar-refractivity contribution is 7.99. The van der Waals surface area contributed by atoms with Crippen LogP contribution in [-0.4, -0.2) is 21.6 Å². The highest BCUT2D eigenvalue weighted by atomic mass is 35.5. The Bertz CT molecular complexity index is 1000. The van der Waals surface area contributed by atoms with Gasteiger partial charge in [0.2, 0.25) is 5.91 Å². The molecule has 140 valence electrons. The first-order valence-corrected chi connectivity index (χ1v) is 11.0. The van der Waals surface area contributed by atoms with Crippen LogP contribution < -0.4 is 11.1 Å². The fourth-order valence-electron chi connectivity index (χ4n) is 3.26. The molecule has 5 nitrogen and oxygen atoms in total. The normalized spacial score (nSPS) is 13.5. The van der Waals surface area contributed by atoms with E-state index in [-0.39, 0.29) is 11.7 Å². The monoisotopic (exact) mass is 418 g/mol. The Morgan fingerprint density at radius 3 is 3.00 bits per heavy atom. The number of rotatable bonds is 5. The standard InChI is InChI=1S/C19H19ClN4OS2/c20-12-5-3-4-11(8-12)9-22-15(25)10-26-19-23-17(21)16-13-6-1-2-7-14(13)27-18(16)24-19/h3-5,8H,1-2,6-7,9-10H2,(H,22,25)(H2,21,23,24). The van der Waals surface area contributed by atoms with E-state index >= 15 is 0 Å². The first-order chi connectivity index (χ1) is 13.1. The number of halogens is 1. The van der Waals surface area contributed by atoms with E-state index in [9.17, 15) is 4.79 Å². The van der Waals surface area contributed by atoms with Crippen LogP contribution >= 0.6 is 34.7 Å². The highest BCUT2D eigenvalue weighted by Crippen LogP contribution is 2.38. The van der Waals surface area contributed by atoms with Gasteiger partial charge in [0.1, 0.15) is 10.6 Å². The quantitative estimate of drug-likeness (QED) is 0.479. The van der Waals surface area contributed by atoms with Crippen LogP contribution in [0, 0.1) is 0 Å². The molecule has 0 bridgehead atoms. The van der Waals surface area contributed by atoms with Gasteiger partial charge in [-0.05, 0) is 48.9 Å². The molecule has 27 heavy (non-hydrogen) atoms. The van der Waals surface area contributed by atoms with Crippen molar-refractivity contribution >= 4 is 56.6 Å². The molecule has 0 unspecified atom stereocenters. The minimum Gasteiger partial charge on any atom is -0.383 e. The van der Waals surface area contributed by atoms with Crippen LogP contribution in [0.3, 0.4) is 0 Å². The molecule has 0 radical (unpaired) electrons. The number of carbonyl (C=O) groups is 1. The Morgan fingerprint density at radius 1 is 1.30 bits per heavy atom. The van der Waals surface area contributed by atoms with Gasteiger partial charge in [-0.1, -0.05) is 35.5 Å². The first-order valence-electron chi connectivity index (χ1n) is 8.82. The van der Waals surface area contributed by atoms with E-state index in [1.807, 2.05) is 24.3 Å². The largest absolute Gasteiger partial charge is 0.383 e.